The van der Waals surface area contributed by atoms with E-state index in [0.717, 1.165) is 25.9 Å². The first-order valence-electron chi connectivity index (χ1n) is 11.7. The summed E-state index contributed by atoms with van der Waals surface area (Å²) < 4.78 is 21.2. The molecular formula is C24H48O4. The number of hydrogen-bond donors (Lipinski definition) is 0. The first-order chi connectivity index (χ1) is 13.8. The highest BCUT2D eigenvalue weighted by Crippen LogP contribution is 2.13. The van der Waals surface area contributed by atoms with Gasteiger partial charge in [-0.2, -0.15) is 0 Å². The Morgan fingerprint density at radius 1 is 0.679 bits per heavy atom. The standard InChI is InChI=1S/C24H48O4/c1-4-5-6-15-18-21-27-23-28-22-19-16-13-11-9-7-8-10-12-14-17-20-24(25-2)26-3/h19,22,24H,4-18,20-21,23H2,1-3H3. The number of allylic oxidation sites excluding steroid dienone is 1. The molecule has 4 heteroatoms. The molecule has 0 unspecified atom stereocenters. The molecule has 0 spiro atoms. The van der Waals surface area contributed by atoms with E-state index in [1.165, 1.54) is 83.5 Å². The zero-order valence-electron chi connectivity index (χ0n) is 19.1. The van der Waals surface area contributed by atoms with Gasteiger partial charge in [0.1, 0.15) is 0 Å². The van der Waals surface area contributed by atoms with E-state index in [1.54, 1.807) is 20.5 Å². The topological polar surface area (TPSA) is 36.9 Å². The van der Waals surface area contributed by atoms with Crippen molar-refractivity contribution in [3.05, 3.63) is 12.3 Å². The van der Waals surface area contributed by atoms with Gasteiger partial charge in [-0.1, -0.05) is 77.6 Å². The van der Waals surface area contributed by atoms with Crippen LogP contribution in [0.15, 0.2) is 12.3 Å². The second-order valence-electron chi connectivity index (χ2n) is 7.64. The van der Waals surface area contributed by atoms with Crippen LogP contribution in [0.25, 0.3) is 0 Å². The van der Waals surface area contributed by atoms with Gasteiger partial charge in [0.05, 0.1) is 12.9 Å². The molecule has 0 heterocycles. The summed E-state index contributed by atoms with van der Waals surface area (Å²) >= 11 is 0. The highest BCUT2D eigenvalue weighted by molar-refractivity contribution is 4.72. The van der Waals surface area contributed by atoms with Crippen LogP contribution >= 0.6 is 0 Å². The molecule has 0 atom stereocenters. The van der Waals surface area contributed by atoms with Gasteiger partial charge < -0.3 is 18.9 Å². The number of rotatable bonds is 23. The van der Waals surface area contributed by atoms with Crippen molar-refractivity contribution in [2.24, 2.45) is 0 Å². The summed E-state index contributed by atoms with van der Waals surface area (Å²) in [6.07, 6.45) is 24.2. The number of hydrogen-bond acceptors (Lipinski definition) is 4. The lowest BCUT2D eigenvalue weighted by molar-refractivity contribution is -0.107. The van der Waals surface area contributed by atoms with Crippen molar-refractivity contribution >= 4 is 0 Å². The fourth-order valence-corrected chi connectivity index (χ4v) is 3.23. The number of unbranched alkanes of at least 4 members (excludes halogenated alkanes) is 13. The van der Waals surface area contributed by atoms with Crippen LogP contribution in [-0.2, 0) is 18.9 Å². The summed E-state index contributed by atoms with van der Waals surface area (Å²) in [5.74, 6) is 0. The maximum Gasteiger partial charge on any atom is 0.188 e. The van der Waals surface area contributed by atoms with Crippen LogP contribution in [0.2, 0.25) is 0 Å². The predicted octanol–water partition coefficient (Wildman–Crippen LogP) is 7.37. The summed E-state index contributed by atoms with van der Waals surface area (Å²) in [6.45, 7) is 3.45. The lowest BCUT2D eigenvalue weighted by Crippen LogP contribution is -2.12. The van der Waals surface area contributed by atoms with Gasteiger partial charge in [-0.3, -0.25) is 0 Å². The van der Waals surface area contributed by atoms with Crippen LogP contribution < -0.4 is 0 Å². The molecule has 0 radical (unpaired) electrons. The minimum absolute atomic E-state index is 0.0210. The Balaban J connectivity index is 3.12. The first kappa shape index (κ1) is 27.4. The quantitative estimate of drug-likeness (QED) is 0.102. The molecule has 0 aliphatic rings. The second kappa shape index (κ2) is 24.5. The Hall–Kier alpha value is -0.580. The monoisotopic (exact) mass is 400 g/mol. The molecule has 0 saturated carbocycles. The van der Waals surface area contributed by atoms with Gasteiger partial charge in [0.15, 0.2) is 13.1 Å². The van der Waals surface area contributed by atoms with Crippen molar-refractivity contribution in [1.82, 2.24) is 0 Å². The average molecular weight is 401 g/mol. The molecule has 0 amide bonds. The molecule has 0 fully saturated rings. The van der Waals surface area contributed by atoms with Gasteiger partial charge in [0.25, 0.3) is 0 Å². The van der Waals surface area contributed by atoms with E-state index in [9.17, 15) is 0 Å². The van der Waals surface area contributed by atoms with Crippen LogP contribution in [0.3, 0.4) is 0 Å². The third-order valence-electron chi connectivity index (χ3n) is 5.07. The smallest absolute Gasteiger partial charge is 0.188 e. The molecule has 0 aliphatic carbocycles. The maximum atomic E-state index is 5.46. The molecule has 0 aromatic rings. The normalized spacial score (nSPS) is 11.7. The molecule has 0 bridgehead atoms. The van der Waals surface area contributed by atoms with Crippen LogP contribution in [0, 0.1) is 0 Å². The van der Waals surface area contributed by atoms with Crippen LogP contribution in [-0.4, -0.2) is 33.9 Å². The summed E-state index contributed by atoms with van der Waals surface area (Å²) in [4.78, 5) is 0. The van der Waals surface area contributed by atoms with Crippen LogP contribution in [0.1, 0.15) is 110 Å². The lowest BCUT2D eigenvalue weighted by Gasteiger charge is -2.12. The zero-order valence-corrected chi connectivity index (χ0v) is 19.1. The molecule has 0 aromatic carbocycles. The summed E-state index contributed by atoms with van der Waals surface area (Å²) in [5.41, 5.74) is 0. The van der Waals surface area contributed by atoms with Crippen LogP contribution in [0.5, 0.6) is 0 Å². The second-order valence-corrected chi connectivity index (χ2v) is 7.64. The third kappa shape index (κ3) is 21.7. The largest absolute Gasteiger partial charge is 0.475 e. The highest BCUT2D eigenvalue weighted by atomic mass is 16.7. The van der Waals surface area contributed by atoms with Gasteiger partial charge in [0.2, 0.25) is 0 Å². The molecule has 0 aromatic heterocycles. The summed E-state index contributed by atoms with van der Waals surface area (Å²) in [6, 6.07) is 0. The van der Waals surface area contributed by atoms with Crippen molar-refractivity contribution in [2.75, 3.05) is 27.6 Å². The molecule has 0 N–H and O–H groups in total. The Morgan fingerprint density at radius 3 is 1.89 bits per heavy atom. The van der Waals surface area contributed by atoms with Gasteiger partial charge in [0, 0.05) is 14.2 Å². The first-order valence-corrected chi connectivity index (χ1v) is 11.7. The van der Waals surface area contributed by atoms with Crippen molar-refractivity contribution in [2.45, 2.75) is 116 Å². The van der Waals surface area contributed by atoms with E-state index >= 15 is 0 Å². The Morgan fingerprint density at radius 2 is 1.25 bits per heavy atom. The minimum atomic E-state index is -0.0210. The van der Waals surface area contributed by atoms with E-state index in [0.29, 0.717) is 6.79 Å². The fourth-order valence-electron chi connectivity index (χ4n) is 3.23. The van der Waals surface area contributed by atoms with E-state index < -0.39 is 0 Å². The van der Waals surface area contributed by atoms with Crippen molar-refractivity contribution < 1.29 is 18.9 Å². The molecule has 28 heavy (non-hydrogen) atoms. The molecule has 0 saturated heterocycles. The molecule has 0 aliphatic heterocycles. The van der Waals surface area contributed by atoms with E-state index in [2.05, 4.69) is 13.0 Å². The van der Waals surface area contributed by atoms with Gasteiger partial charge in [-0.05, 0) is 38.2 Å². The van der Waals surface area contributed by atoms with Crippen molar-refractivity contribution in [3.8, 4) is 0 Å². The Bertz CT molecular complexity index is 303. The Kier molecular flexibility index (Phi) is 24.0. The fraction of sp³-hybridized carbons (Fsp3) is 0.917. The lowest BCUT2D eigenvalue weighted by atomic mass is 10.1. The Labute approximate surface area is 175 Å². The highest BCUT2D eigenvalue weighted by Gasteiger charge is 2.03. The van der Waals surface area contributed by atoms with Gasteiger partial charge in [-0.15, -0.1) is 0 Å². The van der Waals surface area contributed by atoms with Gasteiger partial charge >= 0.3 is 0 Å². The predicted molar refractivity (Wildman–Crippen MR) is 118 cm³/mol. The average Bonchev–Trinajstić information content (AvgIpc) is 2.72. The molecule has 4 nitrogen and oxygen atoms in total. The SMILES string of the molecule is CCCCCCCOCOC=CCCCCCCCCCCCC(OC)OC. The number of methoxy groups -OCH3 is 2. The van der Waals surface area contributed by atoms with E-state index in [4.69, 9.17) is 18.9 Å². The van der Waals surface area contributed by atoms with Gasteiger partial charge in [-0.25, -0.2) is 0 Å². The maximum absolute atomic E-state index is 5.46. The molecule has 168 valence electrons. The number of ether oxygens (including phenoxy) is 4. The molecule has 0 rings (SSSR count). The van der Waals surface area contributed by atoms with E-state index in [1.807, 2.05) is 0 Å². The summed E-state index contributed by atoms with van der Waals surface area (Å²) in [7, 11) is 3.42. The zero-order chi connectivity index (χ0) is 20.5. The van der Waals surface area contributed by atoms with Crippen molar-refractivity contribution in [1.29, 1.82) is 0 Å². The third-order valence-corrected chi connectivity index (χ3v) is 5.07. The minimum Gasteiger partial charge on any atom is -0.475 e. The molecular weight excluding hydrogens is 352 g/mol. The summed E-state index contributed by atoms with van der Waals surface area (Å²) in [5, 5.41) is 0. The van der Waals surface area contributed by atoms with Crippen molar-refractivity contribution in [3.63, 3.8) is 0 Å². The van der Waals surface area contributed by atoms with E-state index in [-0.39, 0.29) is 6.29 Å². The van der Waals surface area contributed by atoms with Crippen LogP contribution in [0.4, 0.5) is 0 Å².